The number of aliphatic carboxylic acids is 2. The van der Waals surface area contributed by atoms with E-state index in [1.54, 1.807) is 0 Å². The Balaban J connectivity index is 0.000000607. The fourth-order valence-electron chi connectivity index (χ4n) is 1.82. The van der Waals surface area contributed by atoms with E-state index in [9.17, 15) is 9.59 Å². The Labute approximate surface area is 165 Å². The van der Waals surface area contributed by atoms with Gasteiger partial charge < -0.3 is 19.7 Å². The molecule has 6 heteroatoms. The summed E-state index contributed by atoms with van der Waals surface area (Å²) in [5.74, 6) is -0.144. The van der Waals surface area contributed by atoms with Crippen molar-refractivity contribution in [2.24, 2.45) is 0 Å². The largest absolute Gasteiger partial charge is 0.494 e. The molecule has 0 saturated carbocycles. The van der Waals surface area contributed by atoms with Crippen molar-refractivity contribution >= 4 is 11.9 Å². The third kappa shape index (κ3) is 11.1. The van der Waals surface area contributed by atoms with Crippen LogP contribution in [0.3, 0.4) is 0 Å². The van der Waals surface area contributed by atoms with Crippen molar-refractivity contribution in [1.82, 2.24) is 0 Å². The van der Waals surface area contributed by atoms with Crippen LogP contribution in [0.5, 0.6) is 11.5 Å². The van der Waals surface area contributed by atoms with E-state index in [1.165, 1.54) is 11.1 Å². The molecule has 0 spiro atoms. The first-order valence-corrected chi connectivity index (χ1v) is 8.54. The molecular formula is C22H26O6. The summed E-state index contributed by atoms with van der Waals surface area (Å²) in [6, 6.07) is 16.3. The molecule has 2 aromatic rings. The van der Waals surface area contributed by atoms with Gasteiger partial charge in [-0.15, -0.1) is 0 Å². The minimum Gasteiger partial charge on any atom is -0.494 e. The third-order valence-electron chi connectivity index (χ3n) is 3.01. The second-order valence-electron chi connectivity index (χ2n) is 5.00. The SMILES string of the molecule is C=CC(=O)O.C=CC(=O)O.CCOc1ccc(-c2ccc(OCC)cc2)cc1. The standard InChI is InChI=1S/C16H18O2.2C3H4O2/c1-3-17-15-9-5-13(6-10-15)14-7-11-16(12-8-14)18-4-2;2*1-2-3(4)5/h5-12H,3-4H2,1-2H3;2*2H,1H2,(H,4,5). The summed E-state index contributed by atoms with van der Waals surface area (Å²) in [6.45, 7) is 11.3. The molecule has 0 saturated heterocycles. The molecule has 2 N–H and O–H groups in total. The van der Waals surface area contributed by atoms with Crippen LogP contribution in [0.25, 0.3) is 11.1 Å². The van der Waals surface area contributed by atoms with Crippen LogP contribution in [0, 0.1) is 0 Å². The minimum atomic E-state index is -0.981. The van der Waals surface area contributed by atoms with E-state index in [1.807, 2.05) is 38.1 Å². The zero-order valence-corrected chi connectivity index (χ0v) is 16.1. The molecule has 0 atom stereocenters. The lowest BCUT2D eigenvalue weighted by Gasteiger charge is -2.07. The Bertz CT molecular complexity index is 667. The van der Waals surface area contributed by atoms with Gasteiger partial charge in [0.15, 0.2) is 0 Å². The Hall–Kier alpha value is -3.54. The minimum absolute atomic E-state index is 0.697. The quantitative estimate of drug-likeness (QED) is 0.672. The summed E-state index contributed by atoms with van der Waals surface area (Å²) >= 11 is 0. The van der Waals surface area contributed by atoms with Gasteiger partial charge in [0.05, 0.1) is 13.2 Å². The van der Waals surface area contributed by atoms with E-state index in [0.29, 0.717) is 13.2 Å². The highest BCUT2D eigenvalue weighted by Crippen LogP contribution is 2.24. The van der Waals surface area contributed by atoms with Crippen molar-refractivity contribution < 1.29 is 29.3 Å². The molecule has 0 aliphatic carbocycles. The van der Waals surface area contributed by atoms with Gasteiger partial charge in [0, 0.05) is 12.2 Å². The lowest BCUT2D eigenvalue weighted by atomic mass is 10.1. The van der Waals surface area contributed by atoms with E-state index >= 15 is 0 Å². The Morgan fingerprint density at radius 2 is 1.00 bits per heavy atom. The second kappa shape index (κ2) is 14.6. The molecule has 0 bridgehead atoms. The number of carboxylic acid groups (broad SMARTS) is 2. The zero-order valence-electron chi connectivity index (χ0n) is 16.1. The fourth-order valence-corrected chi connectivity index (χ4v) is 1.82. The molecule has 6 nitrogen and oxygen atoms in total. The maximum atomic E-state index is 9.25. The van der Waals surface area contributed by atoms with Crippen LogP contribution in [0.15, 0.2) is 73.8 Å². The molecule has 28 heavy (non-hydrogen) atoms. The van der Waals surface area contributed by atoms with E-state index in [-0.39, 0.29) is 0 Å². The fraction of sp³-hybridized carbons (Fsp3) is 0.182. The Kier molecular flexibility index (Phi) is 12.8. The predicted octanol–water partition coefficient (Wildman–Crippen LogP) is 4.67. The zero-order chi connectivity index (χ0) is 21.4. The summed E-state index contributed by atoms with van der Waals surface area (Å²) in [5, 5.41) is 15.2. The first-order valence-electron chi connectivity index (χ1n) is 8.54. The van der Waals surface area contributed by atoms with Gasteiger partial charge in [0.25, 0.3) is 0 Å². The number of hydrogen-bond donors (Lipinski definition) is 2. The van der Waals surface area contributed by atoms with Crippen LogP contribution in [-0.4, -0.2) is 35.4 Å². The van der Waals surface area contributed by atoms with E-state index in [2.05, 4.69) is 37.4 Å². The van der Waals surface area contributed by atoms with Crippen LogP contribution in [-0.2, 0) is 9.59 Å². The van der Waals surface area contributed by atoms with Gasteiger partial charge in [-0.05, 0) is 49.2 Å². The number of hydrogen-bond acceptors (Lipinski definition) is 4. The van der Waals surface area contributed by atoms with Gasteiger partial charge in [0.1, 0.15) is 11.5 Å². The maximum absolute atomic E-state index is 9.25. The molecule has 0 radical (unpaired) electrons. The molecule has 2 aromatic carbocycles. The van der Waals surface area contributed by atoms with E-state index in [0.717, 1.165) is 23.7 Å². The molecule has 0 aliphatic rings. The average molecular weight is 386 g/mol. The normalized spacial score (nSPS) is 8.79. The first-order chi connectivity index (χ1) is 13.4. The van der Waals surface area contributed by atoms with Crippen molar-refractivity contribution in [3.63, 3.8) is 0 Å². The van der Waals surface area contributed by atoms with Gasteiger partial charge in [-0.1, -0.05) is 37.4 Å². The lowest BCUT2D eigenvalue weighted by molar-refractivity contribution is -0.132. The van der Waals surface area contributed by atoms with Gasteiger partial charge >= 0.3 is 11.9 Å². The molecule has 0 unspecified atom stereocenters. The summed E-state index contributed by atoms with van der Waals surface area (Å²) in [7, 11) is 0. The van der Waals surface area contributed by atoms with Gasteiger partial charge in [0.2, 0.25) is 0 Å². The summed E-state index contributed by atoms with van der Waals surface area (Å²) in [6.07, 6.45) is 1.67. The van der Waals surface area contributed by atoms with Crippen LogP contribution >= 0.6 is 0 Å². The van der Waals surface area contributed by atoms with Gasteiger partial charge in [-0.3, -0.25) is 0 Å². The van der Waals surface area contributed by atoms with E-state index in [4.69, 9.17) is 19.7 Å². The molecule has 0 fully saturated rings. The molecule has 0 heterocycles. The lowest BCUT2D eigenvalue weighted by Crippen LogP contribution is -1.91. The van der Waals surface area contributed by atoms with Crippen molar-refractivity contribution in [3.8, 4) is 22.6 Å². The van der Waals surface area contributed by atoms with Crippen LogP contribution in [0.1, 0.15) is 13.8 Å². The Morgan fingerprint density at radius 3 is 1.18 bits per heavy atom. The number of benzene rings is 2. The highest BCUT2D eigenvalue weighted by Gasteiger charge is 1.99. The summed E-state index contributed by atoms with van der Waals surface area (Å²) in [5.41, 5.74) is 2.36. The van der Waals surface area contributed by atoms with Crippen molar-refractivity contribution in [1.29, 1.82) is 0 Å². The number of rotatable bonds is 7. The van der Waals surface area contributed by atoms with Crippen LogP contribution in [0.4, 0.5) is 0 Å². The third-order valence-corrected chi connectivity index (χ3v) is 3.01. The van der Waals surface area contributed by atoms with Crippen LogP contribution in [0.2, 0.25) is 0 Å². The van der Waals surface area contributed by atoms with Crippen molar-refractivity contribution in [3.05, 3.63) is 73.8 Å². The van der Waals surface area contributed by atoms with Gasteiger partial charge in [-0.2, -0.15) is 0 Å². The van der Waals surface area contributed by atoms with E-state index < -0.39 is 11.9 Å². The molecule has 2 rings (SSSR count). The number of carbonyl (C=O) groups is 2. The smallest absolute Gasteiger partial charge is 0.327 e. The average Bonchev–Trinajstić information content (AvgIpc) is 2.70. The molecule has 0 aromatic heterocycles. The molecular weight excluding hydrogens is 360 g/mol. The molecule has 0 aliphatic heterocycles. The molecule has 0 amide bonds. The van der Waals surface area contributed by atoms with Crippen molar-refractivity contribution in [2.75, 3.05) is 13.2 Å². The topological polar surface area (TPSA) is 93.1 Å². The first kappa shape index (κ1) is 24.5. The highest BCUT2D eigenvalue weighted by molar-refractivity contribution is 5.79. The maximum Gasteiger partial charge on any atom is 0.327 e. The van der Waals surface area contributed by atoms with Crippen molar-refractivity contribution in [2.45, 2.75) is 13.8 Å². The summed E-state index contributed by atoms with van der Waals surface area (Å²) < 4.78 is 10.9. The number of carboxylic acids is 2. The summed E-state index contributed by atoms with van der Waals surface area (Å²) in [4.78, 5) is 18.5. The monoisotopic (exact) mass is 386 g/mol. The predicted molar refractivity (Wildman–Crippen MR) is 110 cm³/mol. The Morgan fingerprint density at radius 1 is 0.750 bits per heavy atom. The molecule has 150 valence electrons. The number of ether oxygens (including phenoxy) is 2. The van der Waals surface area contributed by atoms with Crippen LogP contribution < -0.4 is 9.47 Å². The van der Waals surface area contributed by atoms with Gasteiger partial charge in [-0.25, -0.2) is 9.59 Å². The highest BCUT2D eigenvalue weighted by atomic mass is 16.5. The second-order valence-corrected chi connectivity index (χ2v) is 5.00.